The SMILES string of the molecule is CCNC(=O)c1ccc(NCC(C)CN2CCCC2)nn1. The van der Waals surface area contributed by atoms with E-state index in [0.29, 0.717) is 18.2 Å². The number of aromatic nitrogens is 2. The molecule has 2 N–H and O–H groups in total. The summed E-state index contributed by atoms with van der Waals surface area (Å²) in [4.78, 5) is 14.1. The van der Waals surface area contributed by atoms with Gasteiger partial charge in [-0.1, -0.05) is 6.92 Å². The first-order valence-electron chi connectivity index (χ1n) is 7.77. The Bertz CT molecular complexity index is 442. The first-order chi connectivity index (χ1) is 10.2. The Hall–Kier alpha value is -1.69. The summed E-state index contributed by atoms with van der Waals surface area (Å²) in [6, 6.07) is 3.51. The van der Waals surface area contributed by atoms with E-state index in [1.165, 1.54) is 25.9 Å². The number of anilines is 1. The van der Waals surface area contributed by atoms with E-state index in [1.807, 2.05) is 6.92 Å². The Morgan fingerprint density at radius 1 is 1.33 bits per heavy atom. The number of carbonyl (C=O) groups excluding carboxylic acids is 1. The van der Waals surface area contributed by atoms with E-state index in [2.05, 4.69) is 32.7 Å². The second kappa shape index (κ2) is 7.93. The molecule has 0 spiro atoms. The van der Waals surface area contributed by atoms with Crippen molar-refractivity contribution in [1.29, 1.82) is 0 Å². The van der Waals surface area contributed by atoms with Gasteiger partial charge in [-0.15, -0.1) is 10.2 Å². The van der Waals surface area contributed by atoms with E-state index in [-0.39, 0.29) is 5.91 Å². The molecule has 0 aliphatic carbocycles. The number of amides is 1. The normalized spacial score (nSPS) is 16.7. The fraction of sp³-hybridized carbons (Fsp3) is 0.667. The number of hydrogen-bond donors (Lipinski definition) is 2. The van der Waals surface area contributed by atoms with E-state index < -0.39 is 0 Å². The van der Waals surface area contributed by atoms with Crippen LogP contribution in [-0.4, -0.2) is 53.7 Å². The van der Waals surface area contributed by atoms with Gasteiger partial charge in [0.25, 0.3) is 5.91 Å². The highest BCUT2D eigenvalue weighted by atomic mass is 16.1. The van der Waals surface area contributed by atoms with Crippen LogP contribution in [-0.2, 0) is 0 Å². The minimum atomic E-state index is -0.182. The summed E-state index contributed by atoms with van der Waals surface area (Å²) < 4.78 is 0. The molecule has 1 saturated heterocycles. The summed E-state index contributed by atoms with van der Waals surface area (Å²) in [6.45, 7) is 9.15. The standard InChI is InChI=1S/C15H25N5O/c1-3-16-15(21)13-6-7-14(19-18-13)17-10-12(2)11-20-8-4-5-9-20/h6-7,12H,3-5,8-11H2,1-2H3,(H,16,21)(H,17,19). The molecule has 0 saturated carbocycles. The highest BCUT2D eigenvalue weighted by Gasteiger charge is 2.14. The third-order valence-corrected chi connectivity index (χ3v) is 3.63. The molecule has 0 radical (unpaired) electrons. The summed E-state index contributed by atoms with van der Waals surface area (Å²) >= 11 is 0. The monoisotopic (exact) mass is 291 g/mol. The molecule has 1 atom stereocenters. The van der Waals surface area contributed by atoms with E-state index >= 15 is 0 Å². The number of nitrogens with zero attached hydrogens (tertiary/aromatic N) is 3. The summed E-state index contributed by atoms with van der Waals surface area (Å²) in [7, 11) is 0. The van der Waals surface area contributed by atoms with Gasteiger partial charge in [0.1, 0.15) is 5.82 Å². The zero-order chi connectivity index (χ0) is 15.1. The smallest absolute Gasteiger partial charge is 0.271 e. The van der Waals surface area contributed by atoms with Crippen molar-refractivity contribution in [3.63, 3.8) is 0 Å². The van der Waals surface area contributed by atoms with Crippen LogP contribution in [0.15, 0.2) is 12.1 Å². The van der Waals surface area contributed by atoms with Crippen LogP contribution in [0.25, 0.3) is 0 Å². The van der Waals surface area contributed by atoms with Crippen LogP contribution in [0, 0.1) is 5.92 Å². The third kappa shape index (κ3) is 4.97. The second-order valence-corrected chi connectivity index (χ2v) is 5.66. The Balaban J connectivity index is 1.76. The molecule has 116 valence electrons. The van der Waals surface area contributed by atoms with Crippen molar-refractivity contribution in [2.45, 2.75) is 26.7 Å². The fourth-order valence-electron chi connectivity index (χ4n) is 2.55. The van der Waals surface area contributed by atoms with Crippen LogP contribution >= 0.6 is 0 Å². The van der Waals surface area contributed by atoms with E-state index in [9.17, 15) is 4.79 Å². The predicted molar refractivity (Wildman–Crippen MR) is 83.4 cm³/mol. The van der Waals surface area contributed by atoms with E-state index in [0.717, 1.165) is 18.9 Å². The van der Waals surface area contributed by atoms with Crippen molar-refractivity contribution in [3.8, 4) is 0 Å². The second-order valence-electron chi connectivity index (χ2n) is 5.66. The van der Waals surface area contributed by atoms with E-state index in [4.69, 9.17) is 0 Å². The molecular weight excluding hydrogens is 266 g/mol. The number of nitrogens with one attached hydrogen (secondary N) is 2. The topological polar surface area (TPSA) is 70.2 Å². The van der Waals surface area contributed by atoms with Crippen LogP contribution in [0.4, 0.5) is 5.82 Å². The van der Waals surface area contributed by atoms with Gasteiger partial charge < -0.3 is 15.5 Å². The van der Waals surface area contributed by atoms with Gasteiger partial charge in [-0.25, -0.2) is 0 Å². The molecule has 0 aromatic carbocycles. The maximum Gasteiger partial charge on any atom is 0.271 e. The fourth-order valence-corrected chi connectivity index (χ4v) is 2.55. The van der Waals surface area contributed by atoms with Gasteiger partial charge in [0, 0.05) is 19.6 Å². The van der Waals surface area contributed by atoms with Gasteiger partial charge in [-0.2, -0.15) is 0 Å². The molecule has 1 aromatic rings. The molecule has 2 heterocycles. The van der Waals surface area contributed by atoms with Gasteiger partial charge in [-0.05, 0) is 50.9 Å². The summed E-state index contributed by atoms with van der Waals surface area (Å²) in [5.41, 5.74) is 0.354. The lowest BCUT2D eigenvalue weighted by molar-refractivity contribution is 0.0950. The van der Waals surface area contributed by atoms with Crippen LogP contribution < -0.4 is 10.6 Å². The van der Waals surface area contributed by atoms with Gasteiger partial charge >= 0.3 is 0 Å². The highest BCUT2D eigenvalue weighted by molar-refractivity contribution is 5.92. The number of carbonyl (C=O) groups is 1. The van der Waals surface area contributed by atoms with Gasteiger partial charge in [0.15, 0.2) is 5.69 Å². The zero-order valence-electron chi connectivity index (χ0n) is 12.9. The average molecular weight is 291 g/mol. The molecule has 1 aliphatic rings. The van der Waals surface area contributed by atoms with E-state index in [1.54, 1.807) is 12.1 Å². The molecule has 1 aliphatic heterocycles. The molecular formula is C15H25N5O. The molecule has 1 fully saturated rings. The van der Waals surface area contributed by atoms with Crippen molar-refractivity contribution in [2.24, 2.45) is 5.92 Å². The molecule has 1 amide bonds. The Morgan fingerprint density at radius 3 is 2.71 bits per heavy atom. The predicted octanol–water partition coefficient (Wildman–Crippen LogP) is 1.37. The van der Waals surface area contributed by atoms with Crippen LogP contribution in [0.1, 0.15) is 37.2 Å². The zero-order valence-corrected chi connectivity index (χ0v) is 12.9. The number of hydrogen-bond acceptors (Lipinski definition) is 5. The Kier molecular flexibility index (Phi) is 5.92. The van der Waals surface area contributed by atoms with Gasteiger partial charge in [0.05, 0.1) is 0 Å². The molecule has 1 unspecified atom stereocenters. The molecule has 6 heteroatoms. The van der Waals surface area contributed by atoms with Crippen molar-refractivity contribution in [2.75, 3.05) is 38.0 Å². The molecule has 6 nitrogen and oxygen atoms in total. The Morgan fingerprint density at radius 2 is 2.10 bits per heavy atom. The van der Waals surface area contributed by atoms with Crippen LogP contribution in [0.2, 0.25) is 0 Å². The van der Waals surface area contributed by atoms with Crippen molar-refractivity contribution >= 4 is 11.7 Å². The summed E-state index contributed by atoms with van der Waals surface area (Å²) in [5, 5.41) is 14.0. The molecule has 0 bridgehead atoms. The van der Waals surface area contributed by atoms with Gasteiger partial charge in [0.2, 0.25) is 0 Å². The largest absolute Gasteiger partial charge is 0.368 e. The maximum absolute atomic E-state index is 11.6. The minimum absolute atomic E-state index is 0.182. The molecule has 2 rings (SSSR count). The van der Waals surface area contributed by atoms with Crippen LogP contribution in [0.3, 0.4) is 0 Å². The average Bonchev–Trinajstić information content (AvgIpc) is 2.99. The highest BCUT2D eigenvalue weighted by Crippen LogP contribution is 2.11. The molecule has 1 aromatic heterocycles. The summed E-state index contributed by atoms with van der Waals surface area (Å²) in [6.07, 6.45) is 2.65. The first kappa shape index (κ1) is 15.7. The first-order valence-corrected chi connectivity index (χ1v) is 7.77. The lowest BCUT2D eigenvalue weighted by Crippen LogP contribution is -2.29. The van der Waals surface area contributed by atoms with Gasteiger partial charge in [-0.3, -0.25) is 4.79 Å². The quantitative estimate of drug-likeness (QED) is 0.794. The third-order valence-electron chi connectivity index (χ3n) is 3.63. The minimum Gasteiger partial charge on any atom is -0.368 e. The van der Waals surface area contributed by atoms with Crippen molar-refractivity contribution in [3.05, 3.63) is 17.8 Å². The van der Waals surface area contributed by atoms with Crippen molar-refractivity contribution < 1.29 is 4.79 Å². The summed E-state index contributed by atoms with van der Waals surface area (Å²) in [5.74, 6) is 1.10. The van der Waals surface area contributed by atoms with Crippen molar-refractivity contribution in [1.82, 2.24) is 20.4 Å². The lowest BCUT2D eigenvalue weighted by atomic mass is 10.1. The molecule has 21 heavy (non-hydrogen) atoms. The lowest BCUT2D eigenvalue weighted by Gasteiger charge is -2.20. The number of rotatable bonds is 7. The number of likely N-dealkylation sites (tertiary alicyclic amines) is 1. The van der Waals surface area contributed by atoms with Crippen LogP contribution in [0.5, 0.6) is 0 Å². The Labute approximate surface area is 126 Å². The maximum atomic E-state index is 11.6.